The summed E-state index contributed by atoms with van der Waals surface area (Å²) in [6.07, 6.45) is -0.490. The Morgan fingerprint density at radius 3 is 2.74 bits per heavy atom. The number of nitrogens with zero attached hydrogens (tertiary/aromatic N) is 1. The van der Waals surface area contributed by atoms with Gasteiger partial charge in [0.1, 0.15) is 0 Å². The number of aliphatic hydroxyl groups is 1. The van der Waals surface area contributed by atoms with Gasteiger partial charge in [-0.15, -0.1) is 0 Å². The molecule has 0 saturated carbocycles. The van der Waals surface area contributed by atoms with Crippen LogP contribution in [0.3, 0.4) is 0 Å². The Bertz CT molecular complexity index is 418. The van der Waals surface area contributed by atoms with E-state index in [0.29, 0.717) is 13.2 Å². The van der Waals surface area contributed by atoms with E-state index in [1.54, 1.807) is 0 Å². The van der Waals surface area contributed by atoms with Crippen molar-refractivity contribution >= 4 is 5.97 Å². The lowest BCUT2D eigenvalue weighted by Crippen LogP contribution is -2.46. The number of rotatable bonds is 4. The third-order valence-electron chi connectivity index (χ3n) is 3.23. The van der Waals surface area contributed by atoms with Gasteiger partial charge in [-0.1, -0.05) is 24.3 Å². The van der Waals surface area contributed by atoms with Crippen molar-refractivity contribution in [3.63, 3.8) is 0 Å². The summed E-state index contributed by atoms with van der Waals surface area (Å²) < 4.78 is 10.1. The molecule has 1 unspecified atom stereocenters. The van der Waals surface area contributed by atoms with Crippen LogP contribution in [-0.4, -0.2) is 48.9 Å². The summed E-state index contributed by atoms with van der Waals surface area (Å²) in [7, 11) is 1.37. The first-order chi connectivity index (χ1) is 9.22. The zero-order valence-electron chi connectivity index (χ0n) is 11.0. The zero-order valence-corrected chi connectivity index (χ0v) is 11.0. The molecule has 0 spiro atoms. The minimum Gasteiger partial charge on any atom is -0.467 e. The molecule has 2 rings (SSSR count). The molecule has 1 fully saturated rings. The molecule has 1 aliphatic rings. The molecule has 1 N–H and O–H groups in total. The Labute approximate surface area is 112 Å². The highest BCUT2D eigenvalue weighted by Gasteiger charge is 2.27. The van der Waals surface area contributed by atoms with Crippen molar-refractivity contribution in [1.82, 2.24) is 4.90 Å². The molecule has 0 bridgehead atoms. The van der Waals surface area contributed by atoms with Crippen LogP contribution in [0.15, 0.2) is 24.3 Å². The van der Waals surface area contributed by atoms with E-state index in [1.165, 1.54) is 7.11 Å². The van der Waals surface area contributed by atoms with Gasteiger partial charge in [-0.05, 0) is 11.1 Å². The number of morpholine rings is 1. The van der Waals surface area contributed by atoms with Crippen molar-refractivity contribution in [2.75, 3.05) is 26.8 Å². The van der Waals surface area contributed by atoms with Gasteiger partial charge in [0.25, 0.3) is 0 Å². The van der Waals surface area contributed by atoms with Crippen LogP contribution in [0.1, 0.15) is 11.1 Å². The van der Waals surface area contributed by atoms with Gasteiger partial charge in [0.15, 0.2) is 6.10 Å². The van der Waals surface area contributed by atoms with Crippen LogP contribution in [0.25, 0.3) is 0 Å². The van der Waals surface area contributed by atoms with E-state index >= 15 is 0 Å². The van der Waals surface area contributed by atoms with E-state index in [1.807, 2.05) is 24.3 Å². The highest BCUT2D eigenvalue weighted by Crippen LogP contribution is 2.12. The molecular formula is C14H19NO4. The van der Waals surface area contributed by atoms with Gasteiger partial charge < -0.3 is 14.6 Å². The Kier molecular flexibility index (Phi) is 4.90. The highest BCUT2D eigenvalue weighted by atomic mass is 16.6. The second-order valence-corrected chi connectivity index (χ2v) is 4.59. The maximum atomic E-state index is 11.4. The maximum Gasteiger partial charge on any atom is 0.336 e. The molecule has 5 heteroatoms. The van der Waals surface area contributed by atoms with E-state index in [2.05, 4.69) is 4.90 Å². The highest BCUT2D eigenvalue weighted by molar-refractivity contribution is 5.74. The average molecular weight is 265 g/mol. The van der Waals surface area contributed by atoms with E-state index in [4.69, 9.17) is 14.6 Å². The molecule has 1 aromatic carbocycles. The fourth-order valence-corrected chi connectivity index (χ4v) is 2.13. The van der Waals surface area contributed by atoms with Gasteiger partial charge in [0.05, 0.1) is 20.3 Å². The number of ether oxygens (including phenoxy) is 2. The number of hydrogen-bond acceptors (Lipinski definition) is 5. The van der Waals surface area contributed by atoms with Crippen LogP contribution in [0.2, 0.25) is 0 Å². The molecule has 19 heavy (non-hydrogen) atoms. The van der Waals surface area contributed by atoms with Gasteiger partial charge in [-0.3, -0.25) is 4.90 Å². The topological polar surface area (TPSA) is 59.0 Å². The lowest BCUT2D eigenvalue weighted by atomic mass is 10.1. The van der Waals surface area contributed by atoms with Crippen LogP contribution in [0, 0.1) is 0 Å². The predicted molar refractivity (Wildman–Crippen MR) is 69.4 cm³/mol. The first kappa shape index (κ1) is 14.0. The average Bonchev–Trinajstić information content (AvgIpc) is 2.47. The van der Waals surface area contributed by atoms with E-state index in [0.717, 1.165) is 24.2 Å². The Morgan fingerprint density at radius 2 is 2.11 bits per heavy atom. The van der Waals surface area contributed by atoms with E-state index in [9.17, 15) is 4.79 Å². The largest absolute Gasteiger partial charge is 0.467 e. The number of methoxy groups -OCH3 is 1. The molecule has 0 aliphatic carbocycles. The van der Waals surface area contributed by atoms with Crippen LogP contribution in [-0.2, 0) is 27.4 Å². The smallest absolute Gasteiger partial charge is 0.336 e. The van der Waals surface area contributed by atoms with Crippen molar-refractivity contribution in [2.45, 2.75) is 19.3 Å². The Balaban J connectivity index is 1.92. The standard InChI is InChI=1S/C14H19NO4/c1-18-14(17)13-9-15(6-7-19-13)8-11-2-4-12(10-16)5-3-11/h2-5,13,16H,6-10H2,1H3. The quantitative estimate of drug-likeness (QED) is 0.806. The maximum absolute atomic E-state index is 11.4. The lowest BCUT2D eigenvalue weighted by Gasteiger charge is -2.31. The fraction of sp³-hybridized carbons (Fsp3) is 0.500. The van der Waals surface area contributed by atoms with Gasteiger partial charge in [0.2, 0.25) is 0 Å². The van der Waals surface area contributed by atoms with Gasteiger partial charge in [-0.25, -0.2) is 4.79 Å². The molecule has 0 amide bonds. The van der Waals surface area contributed by atoms with Gasteiger partial charge >= 0.3 is 5.97 Å². The van der Waals surface area contributed by atoms with Crippen molar-refractivity contribution in [2.24, 2.45) is 0 Å². The minimum atomic E-state index is -0.490. The van der Waals surface area contributed by atoms with Crippen LogP contribution in [0.5, 0.6) is 0 Å². The molecule has 0 aromatic heterocycles. The third kappa shape index (κ3) is 3.76. The second kappa shape index (κ2) is 6.65. The van der Waals surface area contributed by atoms with Gasteiger partial charge in [0, 0.05) is 19.6 Å². The van der Waals surface area contributed by atoms with Crippen LogP contribution >= 0.6 is 0 Å². The van der Waals surface area contributed by atoms with Crippen molar-refractivity contribution in [3.8, 4) is 0 Å². The number of esters is 1. The second-order valence-electron chi connectivity index (χ2n) is 4.59. The summed E-state index contributed by atoms with van der Waals surface area (Å²) in [5.74, 6) is -0.319. The molecule has 1 saturated heterocycles. The summed E-state index contributed by atoms with van der Waals surface area (Å²) in [4.78, 5) is 13.6. The number of aliphatic hydroxyl groups excluding tert-OH is 1. The number of benzene rings is 1. The molecule has 1 heterocycles. The molecule has 0 radical (unpaired) electrons. The molecule has 5 nitrogen and oxygen atoms in total. The van der Waals surface area contributed by atoms with Gasteiger partial charge in [-0.2, -0.15) is 0 Å². The molecule has 1 aliphatic heterocycles. The van der Waals surface area contributed by atoms with E-state index in [-0.39, 0.29) is 12.6 Å². The first-order valence-electron chi connectivity index (χ1n) is 6.33. The first-order valence-corrected chi connectivity index (χ1v) is 6.33. The van der Waals surface area contributed by atoms with E-state index < -0.39 is 6.10 Å². The van der Waals surface area contributed by atoms with Crippen molar-refractivity contribution in [3.05, 3.63) is 35.4 Å². The number of carbonyl (C=O) groups excluding carboxylic acids is 1. The Hall–Kier alpha value is -1.43. The molecule has 1 aromatic rings. The molecule has 104 valence electrons. The van der Waals surface area contributed by atoms with Crippen LogP contribution in [0.4, 0.5) is 0 Å². The predicted octanol–water partition coefficient (Wildman–Crippen LogP) is 0.553. The number of carbonyl (C=O) groups is 1. The fourth-order valence-electron chi connectivity index (χ4n) is 2.13. The Morgan fingerprint density at radius 1 is 1.42 bits per heavy atom. The number of hydrogen-bond donors (Lipinski definition) is 1. The molecular weight excluding hydrogens is 246 g/mol. The SMILES string of the molecule is COC(=O)C1CN(Cc2ccc(CO)cc2)CCO1. The normalized spacial score (nSPS) is 20.2. The summed E-state index contributed by atoms with van der Waals surface area (Å²) in [6.45, 7) is 2.71. The van der Waals surface area contributed by atoms with Crippen molar-refractivity contribution < 1.29 is 19.4 Å². The minimum absolute atomic E-state index is 0.0578. The van der Waals surface area contributed by atoms with Crippen LogP contribution < -0.4 is 0 Å². The molecule has 1 atom stereocenters. The zero-order chi connectivity index (χ0) is 13.7. The summed E-state index contributed by atoms with van der Waals surface area (Å²) in [6, 6.07) is 7.81. The summed E-state index contributed by atoms with van der Waals surface area (Å²) >= 11 is 0. The summed E-state index contributed by atoms with van der Waals surface area (Å²) in [5.41, 5.74) is 2.06. The lowest BCUT2D eigenvalue weighted by molar-refractivity contribution is -0.160. The summed E-state index contributed by atoms with van der Waals surface area (Å²) in [5, 5.41) is 8.99. The monoisotopic (exact) mass is 265 g/mol. The third-order valence-corrected chi connectivity index (χ3v) is 3.23. The van der Waals surface area contributed by atoms with Crippen molar-refractivity contribution in [1.29, 1.82) is 0 Å².